The van der Waals surface area contributed by atoms with Gasteiger partial charge in [-0.1, -0.05) is 25.0 Å². The third-order valence-electron chi connectivity index (χ3n) is 4.82. The molecule has 3 atom stereocenters. The number of methoxy groups -OCH3 is 1. The first-order valence-corrected chi connectivity index (χ1v) is 8.03. The summed E-state index contributed by atoms with van der Waals surface area (Å²) in [6.07, 6.45) is 5.51. The molecule has 4 heteroatoms. The molecule has 1 saturated heterocycles. The number of hydrogen-bond acceptors (Lipinski definition) is 4. The van der Waals surface area contributed by atoms with E-state index >= 15 is 0 Å². The summed E-state index contributed by atoms with van der Waals surface area (Å²) in [7, 11) is 1.69. The Kier molecular flexibility index (Phi) is 4.78. The van der Waals surface area contributed by atoms with E-state index < -0.39 is 0 Å². The molecule has 1 saturated carbocycles. The Labute approximate surface area is 127 Å². The fourth-order valence-corrected chi connectivity index (χ4v) is 3.61. The van der Waals surface area contributed by atoms with Crippen molar-refractivity contribution < 1.29 is 9.47 Å². The van der Waals surface area contributed by atoms with Crippen LogP contribution in [-0.2, 0) is 4.74 Å². The lowest BCUT2D eigenvalue weighted by atomic mass is 9.89. The van der Waals surface area contributed by atoms with Crippen molar-refractivity contribution in [3.05, 3.63) is 29.8 Å². The molecule has 1 heterocycles. The highest BCUT2D eigenvalue weighted by molar-refractivity contribution is 5.29. The second kappa shape index (κ2) is 6.77. The Morgan fingerprint density at radius 3 is 2.81 bits per heavy atom. The fourth-order valence-electron chi connectivity index (χ4n) is 3.61. The standard InChI is InChI=1S/C17H26N2O2/c1-20-14-8-6-13(7-9-14)15(18)12-19-10-11-21-17-5-3-2-4-16(17)19/h6-9,15-17H,2-5,10-12,18H2,1H3. The highest BCUT2D eigenvalue weighted by atomic mass is 16.5. The number of hydrogen-bond donors (Lipinski definition) is 1. The Balaban J connectivity index is 1.63. The van der Waals surface area contributed by atoms with E-state index in [-0.39, 0.29) is 6.04 Å². The Hall–Kier alpha value is -1.10. The molecule has 1 aliphatic carbocycles. The van der Waals surface area contributed by atoms with E-state index in [1.165, 1.54) is 31.2 Å². The average Bonchev–Trinajstić information content (AvgIpc) is 2.55. The lowest BCUT2D eigenvalue weighted by Crippen LogP contribution is -2.54. The summed E-state index contributed by atoms with van der Waals surface area (Å²) in [4.78, 5) is 2.54. The molecule has 0 aromatic heterocycles. The van der Waals surface area contributed by atoms with Crippen LogP contribution in [-0.4, -0.2) is 43.9 Å². The van der Waals surface area contributed by atoms with Crippen LogP contribution in [0.25, 0.3) is 0 Å². The molecule has 0 bridgehead atoms. The Morgan fingerprint density at radius 2 is 2.05 bits per heavy atom. The molecule has 1 aliphatic heterocycles. The van der Waals surface area contributed by atoms with Crippen molar-refractivity contribution in [3.8, 4) is 5.75 Å². The average molecular weight is 290 g/mol. The van der Waals surface area contributed by atoms with Crippen molar-refractivity contribution in [3.63, 3.8) is 0 Å². The molecule has 3 unspecified atom stereocenters. The highest BCUT2D eigenvalue weighted by Crippen LogP contribution is 2.29. The van der Waals surface area contributed by atoms with Gasteiger partial charge in [-0.2, -0.15) is 0 Å². The minimum atomic E-state index is 0.0524. The molecule has 3 rings (SSSR count). The van der Waals surface area contributed by atoms with Gasteiger partial charge in [0.05, 0.1) is 19.8 Å². The first-order chi connectivity index (χ1) is 10.3. The molecular weight excluding hydrogens is 264 g/mol. The quantitative estimate of drug-likeness (QED) is 0.924. The zero-order valence-corrected chi connectivity index (χ0v) is 12.8. The van der Waals surface area contributed by atoms with Gasteiger partial charge in [0, 0.05) is 25.2 Å². The molecule has 2 aliphatic rings. The number of nitrogens with two attached hydrogens (primary N) is 1. The van der Waals surface area contributed by atoms with Crippen molar-refractivity contribution in [1.29, 1.82) is 0 Å². The largest absolute Gasteiger partial charge is 0.497 e. The maximum Gasteiger partial charge on any atom is 0.118 e. The zero-order valence-electron chi connectivity index (χ0n) is 12.8. The van der Waals surface area contributed by atoms with E-state index in [0.717, 1.165) is 25.4 Å². The van der Waals surface area contributed by atoms with Crippen molar-refractivity contribution in [2.45, 2.75) is 43.9 Å². The van der Waals surface area contributed by atoms with E-state index in [0.29, 0.717) is 12.1 Å². The predicted octanol–water partition coefficient (Wildman–Crippen LogP) is 2.34. The van der Waals surface area contributed by atoms with E-state index in [9.17, 15) is 0 Å². The smallest absolute Gasteiger partial charge is 0.118 e. The topological polar surface area (TPSA) is 47.7 Å². The predicted molar refractivity (Wildman–Crippen MR) is 83.5 cm³/mol. The van der Waals surface area contributed by atoms with Gasteiger partial charge in [0.2, 0.25) is 0 Å². The van der Waals surface area contributed by atoms with Crippen LogP contribution in [0.4, 0.5) is 0 Å². The Bertz CT molecular complexity index is 447. The highest BCUT2D eigenvalue weighted by Gasteiger charge is 2.34. The number of ether oxygens (including phenoxy) is 2. The van der Waals surface area contributed by atoms with Gasteiger partial charge in [-0.15, -0.1) is 0 Å². The number of nitrogens with zero attached hydrogens (tertiary/aromatic N) is 1. The van der Waals surface area contributed by atoms with Gasteiger partial charge >= 0.3 is 0 Å². The second-order valence-corrected chi connectivity index (χ2v) is 6.14. The van der Waals surface area contributed by atoms with Gasteiger partial charge in [0.15, 0.2) is 0 Å². The molecule has 4 nitrogen and oxygen atoms in total. The van der Waals surface area contributed by atoms with Crippen LogP contribution >= 0.6 is 0 Å². The van der Waals surface area contributed by atoms with Crippen LogP contribution in [0.5, 0.6) is 5.75 Å². The van der Waals surface area contributed by atoms with E-state index in [4.69, 9.17) is 15.2 Å². The summed E-state index contributed by atoms with van der Waals surface area (Å²) in [5.74, 6) is 0.879. The maximum absolute atomic E-state index is 6.42. The summed E-state index contributed by atoms with van der Waals surface area (Å²) >= 11 is 0. The van der Waals surface area contributed by atoms with Crippen molar-refractivity contribution in [1.82, 2.24) is 4.90 Å². The molecule has 0 radical (unpaired) electrons. The summed E-state index contributed by atoms with van der Waals surface area (Å²) in [5.41, 5.74) is 7.59. The SMILES string of the molecule is COc1ccc(C(N)CN2CCOC3CCCCC32)cc1. The first-order valence-electron chi connectivity index (χ1n) is 8.03. The van der Waals surface area contributed by atoms with Crippen LogP contribution in [0.2, 0.25) is 0 Å². The third kappa shape index (κ3) is 3.39. The van der Waals surface area contributed by atoms with Crippen LogP contribution in [0.3, 0.4) is 0 Å². The van der Waals surface area contributed by atoms with Crippen molar-refractivity contribution in [2.24, 2.45) is 5.73 Å². The summed E-state index contributed by atoms with van der Waals surface area (Å²) < 4.78 is 11.1. The molecule has 0 spiro atoms. The summed E-state index contributed by atoms with van der Waals surface area (Å²) in [5, 5.41) is 0. The van der Waals surface area contributed by atoms with Crippen molar-refractivity contribution in [2.75, 3.05) is 26.8 Å². The first kappa shape index (κ1) is 14.8. The van der Waals surface area contributed by atoms with Gasteiger partial charge < -0.3 is 15.2 Å². The van der Waals surface area contributed by atoms with Crippen LogP contribution < -0.4 is 10.5 Å². The molecule has 1 aromatic carbocycles. The second-order valence-electron chi connectivity index (χ2n) is 6.14. The van der Waals surface area contributed by atoms with Crippen molar-refractivity contribution >= 4 is 0 Å². The van der Waals surface area contributed by atoms with Gasteiger partial charge in [-0.05, 0) is 30.5 Å². The van der Waals surface area contributed by atoms with E-state index in [1.807, 2.05) is 12.1 Å². The molecule has 0 amide bonds. The fraction of sp³-hybridized carbons (Fsp3) is 0.647. The molecule has 116 valence electrons. The molecule has 21 heavy (non-hydrogen) atoms. The number of morpholine rings is 1. The summed E-state index contributed by atoms with van der Waals surface area (Å²) in [6, 6.07) is 8.73. The monoisotopic (exact) mass is 290 g/mol. The minimum absolute atomic E-state index is 0.0524. The number of rotatable bonds is 4. The minimum Gasteiger partial charge on any atom is -0.497 e. The van der Waals surface area contributed by atoms with E-state index in [2.05, 4.69) is 17.0 Å². The van der Waals surface area contributed by atoms with E-state index in [1.54, 1.807) is 7.11 Å². The lowest BCUT2D eigenvalue weighted by molar-refractivity contribution is -0.0894. The summed E-state index contributed by atoms with van der Waals surface area (Å²) in [6.45, 7) is 2.76. The molecular formula is C17H26N2O2. The zero-order chi connectivity index (χ0) is 14.7. The normalized spacial score (nSPS) is 27.9. The van der Waals surface area contributed by atoms with Gasteiger partial charge in [-0.25, -0.2) is 0 Å². The van der Waals surface area contributed by atoms with Crippen LogP contribution in [0.15, 0.2) is 24.3 Å². The third-order valence-corrected chi connectivity index (χ3v) is 4.82. The van der Waals surface area contributed by atoms with Crippen LogP contribution in [0.1, 0.15) is 37.3 Å². The van der Waals surface area contributed by atoms with Crippen LogP contribution in [0, 0.1) is 0 Å². The number of fused-ring (bicyclic) bond motifs is 1. The maximum atomic E-state index is 6.42. The van der Waals surface area contributed by atoms with Gasteiger partial charge in [-0.3, -0.25) is 4.90 Å². The lowest BCUT2D eigenvalue weighted by Gasteiger charge is -2.44. The molecule has 2 fully saturated rings. The number of benzene rings is 1. The Morgan fingerprint density at radius 1 is 1.29 bits per heavy atom. The molecule has 2 N–H and O–H groups in total. The molecule has 1 aromatic rings. The van der Waals surface area contributed by atoms with Gasteiger partial charge in [0.1, 0.15) is 5.75 Å². The van der Waals surface area contributed by atoms with Gasteiger partial charge in [0.25, 0.3) is 0 Å².